The highest BCUT2D eigenvalue weighted by molar-refractivity contribution is 7.92. The molecular weight excluding hydrogens is 326 g/mol. The van der Waals surface area contributed by atoms with Crippen molar-refractivity contribution in [3.05, 3.63) is 54.0 Å². The van der Waals surface area contributed by atoms with Crippen molar-refractivity contribution in [2.24, 2.45) is 0 Å². The third-order valence-corrected chi connectivity index (χ3v) is 5.60. The third-order valence-electron chi connectivity index (χ3n) is 4.04. The molecule has 128 valence electrons. The van der Waals surface area contributed by atoms with Gasteiger partial charge in [0, 0.05) is 38.1 Å². The summed E-state index contributed by atoms with van der Waals surface area (Å²) in [5.41, 5.74) is 0.882. The molecule has 0 amide bonds. The molecule has 0 aliphatic carbocycles. The molecule has 7 nitrogen and oxygen atoms in total. The summed E-state index contributed by atoms with van der Waals surface area (Å²) in [6, 6.07) is 9.45. The second kappa shape index (κ2) is 7.69. The second-order valence-corrected chi connectivity index (χ2v) is 7.48. The van der Waals surface area contributed by atoms with Crippen molar-refractivity contribution in [1.29, 1.82) is 0 Å². The van der Waals surface area contributed by atoms with Crippen molar-refractivity contribution in [3.8, 4) is 0 Å². The van der Waals surface area contributed by atoms with Gasteiger partial charge in [0.25, 0.3) is 0 Å². The lowest BCUT2D eigenvalue weighted by Crippen LogP contribution is -2.48. The van der Waals surface area contributed by atoms with Crippen LogP contribution in [0, 0.1) is 0 Å². The van der Waals surface area contributed by atoms with Crippen molar-refractivity contribution < 1.29 is 8.42 Å². The highest BCUT2D eigenvalue weighted by Crippen LogP contribution is 2.11. The number of aromatic nitrogens is 3. The van der Waals surface area contributed by atoms with Gasteiger partial charge in [0.2, 0.25) is 10.0 Å². The Kier molecular flexibility index (Phi) is 5.39. The van der Waals surface area contributed by atoms with Crippen molar-refractivity contribution in [2.75, 3.05) is 32.7 Å². The number of rotatable bonds is 6. The highest BCUT2D eigenvalue weighted by atomic mass is 32.2. The fourth-order valence-electron chi connectivity index (χ4n) is 2.61. The van der Waals surface area contributed by atoms with Crippen molar-refractivity contribution in [3.63, 3.8) is 0 Å². The predicted molar refractivity (Wildman–Crippen MR) is 92.4 cm³/mol. The largest absolute Gasteiger partial charge is 0.299 e. The predicted octanol–water partition coefficient (Wildman–Crippen LogP) is 0.896. The van der Waals surface area contributed by atoms with E-state index in [-0.39, 0.29) is 0 Å². The number of hydrogen-bond acceptors (Lipinski definition) is 5. The van der Waals surface area contributed by atoms with Crippen molar-refractivity contribution in [2.45, 2.75) is 6.54 Å². The molecule has 8 heteroatoms. The molecule has 0 bridgehead atoms. The average molecular weight is 347 g/mol. The molecule has 0 saturated carbocycles. The first-order valence-corrected chi connectivity index (χ1v) is 9.42. The lowest BCUT2D eigenvalue weighted by atomic mass is 10.2. The zero-order valence-electron chi connectivity index (χ0n) is 13.4. The number of piperazine rings is 1. The monoisotopic (exact) mass is 347 g/mol. The average Bonchev–Trinajstić information content (AvgIpc) is 3.13. The second-order valence-electron chi connectivity index (χ2n) is 5.66. The molecule has 1 aliphatic rings. The van der Waals surface area contributed by atoms with Gasteiger partial charge in [-0.05, 0) is 11.6 Å². The van der Waals surface area contributed by atoms with Crippen LogP contribution < -0.4 is 0 Å². The minimum Gasteiger partial charge on any atom is -0.299 e. The van der Waals surface area contributed by atoms with E-state index in [1.54, 1.807) is 21.4 Å². The molecule has 0 spiro atoms. The van der Waals surface area contributed by atoms with Crippen LogP contribution in [0.15, 0.2) is 48.4 Å². The summed E-state index contributed by atoms with van der Waals surface area (Å²) in [5.74, 6) is 0. The summed E-state index contributed by atoms with van der Waals surface area (Å²) in [7, 11) is -3.36. The number of sulfonamides is 1. The maximum Gasteiger partial charge on any atom is 0.236 e. The van der Waals surface area contributed by atoms with Crippen molar-refractivity contribution in [1.82, 2.24) is 24.0 Å². The Morgan fingerprint density at radius 2 is 1.79 bits per heavy atom. The topological polar surface area (TPSA) is 71.3 Å². The molecule has 1 aromatic carbocycles. The normalized spacial score (nSPS) is 17.5. The smallest absolute Gasteiger partial charge is 0.236 e. The van der Waals surface area contributed by atoms with E-state index >= 15 is 0 Å². The van der Waals surface area contributed by atoms with Crippen LogP contribution in [0.4, 0.5) is 0 Å². The fourth-order valence-corrected chi connectivity index (χ4v) is 3.79. The molecule has 0 radical (unpaired) electrons. The lowest BCUT2D eigenvalue weighted by molar-refractivity contribution is 0.182. The van der Waals surface area contributed by atoms with Crippen LogP contribution in [-0.2, 0) is 16.6 Å². The van der Waals surface area contributed by atoms with Crippen LogP contribution >= 0.6 is 0 Å². The fraction of sp³-hybridized carbons (Fsp3) is 0.375. The molecule has 1 aromatic heterocycles. The Morgan fingerprint density at radius 1 is 1.04 bits per heavy atom. The van der Waals surface area contributed by atoms with Crippen molar-refractivity contribution >= 4 is 16.1 Å². The van der Waals surface area contributed by atoms with E-state index in [0.717, 1.165) is 31.7 Å². The number of nitrogens with zero attached hydrogens (tertiary/aromatic N) is 5. The minimum absolute atomic E-state index is 0.513. The van der Waals surface area contributed by atoms with Crippen LogP contribution in [0.3, 0.4) is 0 Å². The van der Waals surface area contributed by atoms with Crippen LogP contribution in [0.25, 0.3) is 6.08 Å². The summed E-state index contributed by atoms with van der Waals surface area (Å²) in [6.07, 6.45) is 4.85. The summed E-state index contributed by atoms with van der Waals surface area (Å²) in [4.78, 5) is 6.16. The molecular formula is C16H21N5O2S. The van der Waals surface area contributed by atoms with Gasteiger partial charge in [0.1, 0.15) is 12.7 Å². The first-order valence-electron chi connectivity index (χ1n) is 7.91. The van der Waals surface area contributed by atoms with E-state index in [0.29, 0.717) is 13.1 Å². The van der Waals surface area contributed by atoms with E-state index in [4.69, 9.17) is 0 Å². The molecule has 1 aliphatic heterocycles. The van der Waals surface area contributed by atoms with E-state index in [2.05, 4.69) is 15.0 Å². The molecule has 1 fully saturated rings. The summed E-state index contributed by atoms with van der Waals surface area (Å²) >= 11 is 0. The Hall–Kier alpha value is -2.03. The molecule has 24 heavy (non-hydrogen) atoms. The van der Waals surface area contributed by atoms with Gasteiger partial charge < -0.3 is 0 Å². The molecule has 0 N–H and O–H groups in total. The molecule has 1 saturated heterocycles. The molecule has 0 atom stereocenters. The van der Waals surface area contributed by atoms with Gasteiger partial charge in [0.15, 0.2) is 0 Å². The Labute approximate surface area is 142 Å². The maximum atomic E-state index is 12.4. The summed E-state index contributed by atoms with van der Waals surface area (Å²) in [6.45, 7) is 4.09. The minimum atomic E-state index is -3.36. The number of benzene rings is 1. The SMILES string of the molecule is O=S(=O)(C=Cc1ccccc1)N1CCN(CCn2cncn2)CC1. The molecule has 2 aromatic rings. The Bertz CT molecular complexity index is 751. The maximum absolute atomic E-state index is 12.4. The molecule has 0 unspecified atom stereocenters. The van der Waals surface area contributed by atoms with Crippen LogP contribution in [0.5, 0.6) is 0 Å². The van der Waals surface area contributed by atoms with E-state index in [1.165, 1.54) is 11.7 Å². The van der Waals surface area contributed by atoms with Gasteiger partial charge >= 0.3 is 0 Å². The zero-order valence-corrected chi connectivity index (χ0v) is 14.2. The van der Waals surface area contributed by atoms with Gasteiger partial charge in [-0.25, -0.2) is 13.4 Å². The first kappa shape index (κ1) is 16.8. The Morgan fingerprint density at radius 3 is 2.46 bits per heavy atom. The quantitative estimate of drug-likeness (QED) is 0.776. The summed E-state index contributed by atoms with van der Waals surface area (Å²) < 4.78 is 28.1. The van der Waals surface area contributed by atoms with Gasteiger partial charge in [-0.3, -0.25) is 9.58 Å². The van der Waals surface area contributed by atoms with Crippen LogP contribution in [-0.4, -0.2) is 65.1 Å². The van der Waals surface area contributed by atoms with Gasteiger partial charge in [0.05, 0.1) is 6.54 Å². The van der Waals surface area contributed by atoms with Gasteiger partial charge in [-0.2, -0.15) is 9.40 Å². The molecule has 3 rings (SSSR count). The summed E-state index contributed by atoms with van der Waals surface area (Å²) in [5, 5.41) is 5.37. The van der Waals surface area contributed by atoms with Gasteiger partial charge in [-0.15, -0.1) is 0 Å². The highest BCUT2D eigenvalue weighted by Gasteiger charge is 2.24. The standard InChI is InChI=1S/C16H21N5O2S/c22-24(23,13-6-16-4-2-1-3-5-16)21-11-8-19(9-12-21)7-10-20-15-17-14-18-20/h1-6,13-15H,7-12H2. The third kappa shape index (κ3) is 4.50. The van der Waals surface area contributed by atoms with Crippen LogP contribution in [0.2, 0.25) is 0 Å². The zero-order chi connectivity index (χ0) is 16.8. The van der Waals surface area contributed by atoms with E-state index in [9.17, 15) is 8.42 Å². The van der Waals surface area contributed by atoms with E-state index in [1.807, 2.05) is 30.3 Å². The first-order chi connectivity index (χ1) is 11.6. The number of hydrogen-bond donors (Lipinski definition) is 0. The Balaban J connectivity index is 1.50. The van der Waals surface area contributed by atoms with Crippen LogP contribution in [0.1, 0.15) is 5.56 Å². The van der Waals surface area contributed by atoms with Gasteiger partial charge in [-0.1, -0.05) is 30.3 Å². The lowest BCUT2D eigenvalue weighted by Gasteiger charge is -2.33. The molecule has 2 heterocycles. The van der Waals surface area contributed by atoms with E-state index < -0.39 is 10.0 Å².